The fourth-order valence-corrected chi connectivity index (χ4v) is 7.02. The van der Waals surface area contributed by atoms with Gasteiger partial charge < -0.3 is 15.0 Å². The number of carbonyl (C=O) groups is 2. The molecule has 10 nitrogen and oxygen atoms in total. The van der Waals surface area contributed by atoms with Crippen molar-refractivity contribution >= 4 is 27.7 Å². The van der Waals surface area contributed by atoms with Crippen LogP contribution >= 0.6 is 0 Å². The quantitative estimate of drug-likeness (QED) is 0.450. The van der Waals surface area contributed by atoms with Gasteiger partial charge in [-0.25, -0.2) is 18.5 Å². The molecule has 2 N–H and O–H groups in total. The van der Waals surface area contributed by atoms with Crippen molar-refractivity contribution in [3.63, 3.8) is 0 Å². The molecule has 2 aliphatic carbocycles. The standard InChI is InChI=1S/C29H42N6O4S/c1-28(2,3)39-27(37)34(5)16-17-35-15-8-13-29(35,4)14-18-40(38,31-20-30)33-26(36)32-25-23-11-6-9-21(23)19-22-10-7-12-24(22)25/h14,18-19H,6-13,15-17H2,1-5H3,(H2,31,32,33,36,38)/b18-14+/t29-,40?/m0/s1. The molecule has 40 heavy (non-hydrogen) atoms. The fourth-order valence-electron chi connectivity index (χ4n) is 5.92. The van der Waals surface area contributed by atoms with Crippen molar-refractivity contribution in [3.05, 3.63) is 39.8 Å². The number of nitriles is 1. The molecule has 1 aliphatic heterocycles. The van der Waals surface area contributed by atoms with Gasteiger partial charge in [-0.3, -0.25) is 4.90 Å². The Bertz CT molecular complexity index is 1320. The van der Waals surface area contributed by atoms with Gasteiger partial charge in [0, 0.05) is 36.8 Å². The number of likely N-dealkylation sites (tertiary alicyclic amines) is 1. The van der Waals surface area contributed by atoms with E-state index in [4.69, 9.17) is 4.74 Å². The van der Waals surface area contributed by atoms with E-state index < -0.39 is 27.1 Å². The average molecular weight is 571 g/mol. The summed E-state index contributed by atoms with van der Waals surface area (Å²) < 4.78 is 25.2. The number of rotatable bonds is 7. The number of hydrogen-bond donors (Lipinski definition) is 2. The van der Waals surface area contributed by atoms with Crippen LogP contribution in [0.3, 0.4) is 0 Å². The van der Waals surface area contributed by atoms with E-state index in [2.05, 4.69) is 25.4 Å². The third-order valence-corrected chi connectivity index (χ3v) is 9.32. The van der Waals surface area contributed by atoms with Crippen molar-refractivity contribution in [3.8, 4) is 6.19 Å². The molecule has 2 atom stereocenters. The van der Waals surface area contributed by atoms with E-state index >= 15 is 0 Å². The Balaban J connectivity index is 1.44. The number of likely N-dealkylation sites (N-methyl/N-ethyl adjacent to an activating group) is 1. The molecule has 0 bridgehead atoms. The predicted molar refractivity (Wildman–Crippen MR) is 156 cm³/mol. The average Bonchev–Trinajstić information content (AvgIpc) is 3.60. The number of carbonyl (C=O) groups excluding carboxylic acids is 2. The van der Waals surface area contributed by atoms with Crippen LogP contribution in [0.1, 0.15) is 75.6 Å². The molecule has 1 fully saturated rings. The largest absolute Gasteiger partial charge is 0.444 e. The van der Waals surface area contributed by atoms with Crippen LogP contribution in [-0.2, 0) is 40.3 Å². The minimum Gasteiger partial charge on any atom is -0.444 e. The van der Waals surface area contributed by atoms with E-state index in [-0.39, 0.29) is 6.09 Å². The van der Waals surface area contributed by atoms with Gasteiger partial charge in [-0.2, -0.15) is 5.26 Å². The second-order valence-corrected chi connectivity index (χ2v) is 14.0. The summed E-state index contributed by atoms with van der Waals surface area (Å²) in [6.45, 7) is 9.37. The first kappa shape index (κ1) is 29.9. The lowest BCUT2D eigenvalue weighted by atomic mass is 9.99. The van der Waals surface area contributed by atoms with Gasteiger partial charge in [-0.1, -0.05) is 16.5 Å². The predicted octanol–water partition coefficient (Wildman–Crippen LogP) is 4.88. The van der Waals surface area contributed by atoms with Crippen LogP contribution < -0.4 is 10.0 Å². The summed E-state index contributed by atoms with van der Waals surface area (Å²) in [6.07, 6.45) is 10.7. The Morgan fingerprint density at radius 2 is 1.85 bits per heavy atom. The topological polar surface area (TPSA) is 127 Å². The first-order valence-electron chi connectivity index (χ1n) is 14.1. The summed E-state index contributed by atoms with van der Waals surface area (Å²) >= 11 is 0. The smallest absolute Gasteiger partial charge is 0.410 e. The number of benzene rings is 1. The summed E-state index contributed by atoms with van der Waals surface area (Å²) in [7, 11) is -1.79. The number of fused-ring (bicyclic) bond motifs is 2. The molecular formula is C29H42N6O4S. The molecule has 3 aliphatic rings. The van der Waals surface area contributed by atoms with Crippen LogP contribution in [-0.4, -0.2) is 64.0 Å². The maximum Gasteiger partial charge on any atom is 0.410 e. The van der Waals surface area contributed by atoms with Crippen molar-refractivity contribution in [2.45, 2.75) is 90.2 Å². The Kier molecular flexibility index (Phi) is 8.80. The highest BCUT2D eigenvalue weighted by atomic mass is 32.2. The number of nitrogens with zero attached hydrogens (tertiary/aromatic N) is 4. The monoisotopic (exact) mass is 570 g/mol. The van der Waals surface area contributed by atoms with Gasteiger partial charge in [0.25, 0.3) is 0 Å². The number of hydrogen-bond acceptors (Lipinski definition) is 7. The van der Waals surface area contributed by atoms with Gasteiger partial charge in [-0.05, 0) is 108 Å². The number of urea groups is 1. The zero-order chi connectivity index (χ0) is 29.1. The minimum atomic E-state index is -3.49. The summed E-state index contributed by atoms with van der Waals surface area (Å²) in [4.78, 5) is 29.2. The van der Waals surface area contributed by atoms with Crippen molar-refractivity contribution in [2.24, 2.45) is 4.36 Å². The molecule has 0 aromatic heterocycles. The first-order valence-corrected chi connectivity index (χ1v) is 15.7. The van der Waals surface area contributed by atoms with Crippen LogP contribution in [0, 0.1) is 11.5 Å². The van der Waals surface area contributed by atoms with Crippen LogP contribution in [0.25, 0.3) is 0 Å². The zero-order valence-electron chi connectivity index (χ0n) is 24.3. The number of ether oxygens (including phenoxy) is 1. The lowest BCUT2D eigenvalue weighted by Crippen LogP contribution is -2.45. The lowest BCUT2D eigenvalue weighted by molar-refractivity contribution is 0.0274. The van der Waals surface area contributed by atoms with Gasteiger partial charge >= 0.3 is 12.1 Å². The van der Waals surface area contributed by atoms with Crippen LogP contribution in [0.2, 0.25) is 0 Å². The lowest BCUT2D eigenvalue weighted by Gasteiger charge is -2.34. The summed E-state index contributed by atoms with van der Waals surface area (Å²) in [6, 6.07) is 1.65. The molecule has 1 aromatic rings. The van der Waals surface area contributed by atoms with Gasteiger partial charge in [0.15, 0.2) is 9.92 Å². The normalized spacial score (nSPS) is 21.8. The molecule has 1 heterocycles. The Morgan fingerprint density at radius 3 is 2.45 bits per heavy atom. The molecule has 0 saturated carbocycles. The van der Waals surface area contributed by atoms with E-state index in [9.17, 15) is 19.1 Å². The minimum absolute atomic E-state index is 0.385. The number of nitrogens with one attached hydrogen (secondary N) is 2. The summed E-state index contributed by atoms with van der Waals surface area (Å²) in [5.41, 5.74) is 4.70. The molecule has 1 aromatic carbocycles. The van der Waals surface area contributed by atoms with Gasteiger partial charge in [0.05, 0.1) is 0 Å². The molecule has 1 unspecified atom stereocenters. The van der Waals surface area contributed by atoms with Crippen molar-refractivity contribution < 1.29 is 18.5 Å². The van der Waals surface area contributed by atoms with E-state index in [0.717, 1.165) is 63.6 Å². The van der Waals surface area contributed by atoms with Crippen LogP contribution in [0.4, 0.5) is 15.3 Å². The molecule has 3 amide bonds. The Labute approximate surface area is 238 Å². The maximum atomic E-state index is 13.6. The van der Waals surface area contributed by atoms with Crippen LogP contribution in [0.5, 0.6) is 0 Å². The third kappa shape index (κ3) is 6.96. The highest BCUT2D eigenvalue weighted by Crippen LogP contribution is 2.38. The van der Waals surface area contributed by atoms with Crippen LogP contribution in [0.15, 0.2) is 21.9 Å². The highest BCUT2D eigenvalue weighted by molar-refractivity contribution is 7.95. The number of anilines is 1. The second kappa shape index (κ2) is 11.8. The third-order valence-electron chi connectivity index (χ3n) is 7.98. The number of amides is 3. The first-order chi connectivity index (χ1) is 18.8. The van der Waals surface area contributed by atoms with Crippen molar-refractivity contribution in [2.75, 3.05) is 32.0 Å². The van der Waals surface area contributed by atoms with E-state index in [1.54, 1.807) is 24.2 Å². The highest BCUT2D eigenvalue weighted by Gasteiger charge is 2.35. The molecular weight excluding hydrogens is 528 g/mol. The number of aryl methyl sites for hydroxylation is 2. The van der Waals surface area contributed by atoms with E-state index in [0.29, 0.717) is 13.1 Å². The molecule has 218 valence electrons. The van der Waals surface area contributed by atoms with Crippen molar-refractivity contribution in [1.82, 2.24) is 14.5 Å². The van der Waals surface area contributed by atoms with Gasteiger partial charge in [-0.15, -0.1) is 0 Å². The SMILES string of the molecule is CN(CCN1CCC[C@@]1(C)/C=C/S(=O)(=NC#N)NC(=O)Nc1c2c(cc3c1CCC3)CCC2)C(=O)OC(C)(C)C. The second-order valence-electron chi connectivity index (χ2n) is 12.2. The van der Waals surface area contributed by atoms with Crippen molar-refractivity contribution in [1.29, 1.82) is 5.26 Å². The molecule has 11 heteroatoms. The summed E-state index contributed by atoms with van der Waals surface area (Å²) in [5.74, 6) is 0. The molecule has 0 radical (unpaired) electrons. The Morgan fingerprint density at radius 1 is 1.20 bits per heavy atom. The fraction of sp³-hybridized carbons (Fsp3) is 0.621. The van der Waals surface area contributed by atoms with E-state index in [1.165, 1.54) is 27.7 Å². The van der Waals surface area contributed by atoms with Gasteiger partial charge in [0.2, 0.25) is 6.19 Å². The molecule has 4 rings (SSSR count). The van der Waals surface area contributed by atoms with E-state index in [1.807, 2.05) is 27.7 Å². The summed E-state index contributed by atoms with van der Waals surface area (Å²) in [5, 5.41) is 13.6. The zero-order valence-corrected chi connectivity index (χ0v) is 25.2. The molecule has 0 spiro atoms. The maximum absolute atomic E-state index is 13.6. The van der Waals surface area contributed by atoms with Gasteiger partial charge in [0.1, 0.15) is 5.60 Å². The Hall–Kier alpha value is -3.10. The molecule has 1 saturated heterocycles.